The van der Waals surface area contributed by atoms with Gasteiger partial charge in [0.2, 0.25) is 0 Å². The molecule has 1 heterocycles. The van der Waals surface area contributed by atoms with E-state index in [0.717, 1.165) is 11.4 Å². The molecule has 0 spiro atoms. The molecule has 6 heteroatoms. The summed E-state index contributed by atoms with van der Waals surface area (Å²) < 4.78 is 5.36. The fourth-order valence-electron chi connectivity index (χ4n) is 2.05. The molecule has 3 rings (SSSR count). The average molecular weight is 308 g/mol. The molecule has 0 fully saturated rings. The van der Waals surface area contributed by atoms with Crippen molar-refractivity contribution in [2.75, 3.05) is 11.9 Å². The lowest BCUT2D eigenvalue weighted by atomic mass is 10.3. The zero-order valence-electron chi connectivity index (χ0n) is 12.6. The number of para-hydroxylation sites is 1. The van der Waals surface area contributed by atoms with Gasteiger partial charge in [0.1, 0.15) is 5.75 Å². The second kappa shape index (κ2) is 6.74. The molecule has 1 N–H and O–H groups in total. The second-order valence-corrected chi connectivity index (χ2v) is 4.77. The van der Waals surface area contributed by atoms with E-state index in [2.05, 4.69) is 15.5 Å². The molecule has 0 radical (unpaired) electrons. The van der Waals surface area contributed by atoms with Crippen molar-refractivity contribution in [1.82, 2.24) is 15.0 Å². The molecule has 0 unspecified atom stereocenters. The third-order valence-corrected chi connectivity index (χ3v) is 3.13. The number of hydrogen-bond donors (Lipinski definition) is 1. The van der Waals surface area contributed by atoms with E-state index in [1.54, 1.807) is 24.3 Å². The topological polar surface area (TPSA) is 69.0 Å². The number of hydrogen-bond acceptors (Lipinski definition) is 4. The van der Waals surface area contributed by atoms with Crippen LogP contribution in [0.2, 0.25) is 0 Å². The van der Waals surface area contributed by atoms with E-state index in [1.807, 2.05) is 37.3 Å². The quantitative estimate of drug-likeness (QED) is 0.787. The number of amides is 1. The predicted molar refractivity (Wildman–Crippen MR) is 86.9 cm³/mol. The summed E-state index contributed by atoms with van der Waals surface area (Å²) in [4.78, 5) is 13.6. The number of carbonyl (C=O) groups excluding carboxylic acids is 1. The lowest BCUT2D eigenvalue weighted by Gasteiger charge is -2.05. The van der Waals surface area contributed by atoms with Crippen LogP contribution in [0.3, 0.4) is 0 Å². The highest BCUT2D eigenvalue weighted by molar-refractivity contribution is 6.02. The number of nitrogens with one attached hydrogen (secondary N) is 1. The molecule has 0 bridgehead atoms. The highest BCUT2D eigenvalue weighted by Gasteiger charge is 2.11. The van der Waals surface area contributed by atoms with Crippen molar-refractivity contribution >= 4 is 11.6 Å². The van der Waals surface area contributed by atoms with Crippen molar-refractivity contribution in [1.29, 1.82) is 0 Å². The summed E-state index contributed by atoms with van der Waals surface area (Å²) in [5.74, 6) is 0.455. The van der Waals surface area contributed by atoms with Crippen LogP contribution in [0.1, 0.15) is 17.4 Å². The molecular weight excluding hydrogens is 292 g/mol. The van der Waals surface area contributed by atoms with Crippen molar-refractivity contribution in [2.24, 2.45) is 0 Å². The molecule has 6 nitrogen and oxygen atoms in total. The fraction of sp³-hybridized carbons (Fsp3) is 0.118. The van der Waals surface area contributed by atoms with Crippen LogP contribution in [-0.2, 0) is 0 Å². The summed E-state index contributed by atoms with van der Waals surface area (Å²) in [6, 6.07) is 16.6. The van der Waals surface area contributed by atoms with Gasteiger partial charge in [-0.3, -0.25) is 4.79 Å². The largest absolute Gasteiger partial charge is 0.494 e. The van der Waals surface area contributed by atoms with Gasteiger partial charge in [0, 0.05) is 5.69 Å². The number of carbonyl (C=O) groups is 1. The van der Waals surface area contributed by atoms with E-state index in [1.165, 1.54) is 11.0 Å². The molecule has 23 heavy (non-hydrogen) atoms. The molecule has 0 aliphatic carbocycles. The highest BCUT2D eigenvalue weighted by Crippen LogP contribution is 2.16. The minimum absolute atomic E-state index is 0.253. The highest BCUT2D eigenvalue weighted by atomic mass is 16.5. The van der Waals surface area contributed by atoms with E-state index in [9.17, 15) is 4.79 Å². The van der Waals surface area contributed by atoms with Crippen LogP contribution in [0.15, 0.2) is 60.8 Å². The van der Waals surface area contributed by atoms with Gasteiger partial charge in [0.25, 0.3) is 5.91 Å². The molecule has 116 valence electrons. The Morgan fingerprint density at radius 2 is 1.87 bits per heavy atom. The SMILES string of the molecule is CCOc1ccc(NC(=O)c2cnn(-c3ccccc3)n2)cc1. The Morgan fingerprint density at radius 1 is 1.13 bits per heavy atom. The monoisotopic (exact) mass is 308 g/mol. The maximum Gasteiger partial charge on any atom is 0.277 e. The maximum absolute atomic E-state index is 12.2. The number of ether oxygens (including phenoxy) is 1. The molecule has 0 saturated carbocycles. The second-order valence-electron chi connectivity index (χ2n) is 4.77. The minimum Gasteiger partial charge on any atom is -0.494 e. The Balaban J connectivity index is 1.70. The Hall–Kier alpha value is -3.15. The molecule has 3 aromatic rings. The van der Waals surface area contributed by atoms with Crippen LogP contribution in [0.25, 0.3) is 5.69 Å². The van der Waals surface area contributed by atoms with E-state index in [-0.39, 0.29) is 11.6 Å². The Bertz CT molecular complexity index is 782. The van der Waals surface area contributed by atoms with E-state index >= 15 is 0 Å². The zero-order valence-corrected chi connectivity index (χ0v) is 12.6. The summed E-state index contributed by atoms with van der Waals surface area (Å²) in [6.45, 7) is 2.53. The third kappa shape index (κ3) is 3.55. The normalized spacial score (nSPS) is 10.3. The first-order valence-electron chi connectivity index (χ1n) is 7.28. The first-order chi connectivity index (χ1) is 11.3. The van der Waals surface area contributed by atoms with Crippen molar-refractivity contribution in [3.63, 3.8) is 0 Å². The predicted octanol–water partition coefficient (Wildman–Crippen LogP) is 2.92. The molecule has 0 atom stereocenters. The van der Waals surface area contributed by atoms with Crippen molar-refractivity contribution in [2.45, 2.75) is 6.92 Å². The molecule has 0 aliphatic rings. The zero-order chi connectivity index (χ0) is 16.1. The average Bonchev–Trinajstić information content (AvgIpc) is 3.08. The number of benzene rings is 2. The first kappa shape index (κ1) is 14.8. The fourth-order valence-corrected chi connectivity index (χ4v) is 2.05. The van der Waals surface area contributed by atoms with Gasteiger partial charge in [-0.15, -0.1) is 5.10 Å². The van der Waals surface area contributed by atoms with E-state index < -0.39 is 0 Å². The van der Waals surface area contributed by atoms with Crippen LogP contribution in [0.5, 0.6) is 5.75 Å². The van der Waals surface area contributed by atoms with Gasteiger partial charge < -0.3 is 10.1 Å². The lowest BCUT2D eigenvalue weighted by Crippen LogP contribution is -2.13. The molecular formula is C17H16N4O2. The Kier molecular flexibility index (Phi) is 4.33. The van der Waals surface area contributed by atoms with Crippen LogP contribution < -0.4 is 10.1 Å². The summed E-state index contributed by atoms with van der Waals surface area (Å²) >= 11 is 0. The lowest BCUT2D eigenvalue weighted by molar-refractivity contribution is 0.102. The minimum atomic E-state index is -0.309. The molecule has 1 aromatic heterocycles. The Morgan fingerprint density at radius 3 is 2.57 bits per heavy atom. The molecule has 0 saturated heterocycles. The van der Waals surface area contributed by atoms with Gasteiger partial charge in [-0.1, -0.05) is 18.2 Å². The molecule has 2 aromatic carbocycles. The third-order valence-electron chi connectivity index (χ3n) is 3.13. The summed E-state index contributed by atoms with van der Waals surface area (Å²) in [6.07, 6.45) is 1.44. The summed E-state index contributed by atoms with van der Waals surface area (Å²) in [5, 5.41) is 11.1. The van der Waals surface area contributed by atoms with Gasteiger partial charge in [0.05, 0.1) is 18.5 Å². The van der Waals surface area contributed by atoms with Crippen LogP contribution in [0, 0.1) is 0 Å². The van der Waals surface area contributed by atoms with Gasteiger partial charge >= 0.3 is 0 Å². The van der Waals surface area contributed by atoms with Gasteiger partial charge in [-0.2, -0.15) is 9.90 Å². The number of anilines is 1. The van der Waals surface area contributed by atoms with Crippen molar-refractivity contribution in [3.8, 4) is 11.4 Å². The van der Waals surface area contributed by atoms with Gasteiger partial charge in [0.15, 0.2) is 5.69 Å². The summed E-state index contributed by atoms with van der Waals surface area (Å²) in [5.41, 5.74) is 1.73. The van der Waals surface area contributed by atoms with Gasteiger partial charge in [-0.05, 0) is 43.3 Å². The summed E-state index contributed by atoms with van der Waals surface area (Å²) in [7, 11) is 0. The maximum atomic E-state index is 12.2. The van der Waals surface area contributed by atoms with Crippen LogP contribution >= 0.6 is 0 Å². The van der Waals surface area contributed by atoms with E-state index in [0.29, 0.717) is 12.3 Å². The molecule has 0 aliphatic heterocycles. The van der Waals surface area contributed by atoms with Crippen molar-refractivity contribution in [3.05, 3.63) is 66.5 Å². The van der Waals surface area contributed by atoms with Crippen LogP contribution in [-0.4, -0.2) is 27.5 Å². The smallest absolute Gasteiger partial charge is 0.277 e. The van der Waals surface area contributed by atoms with Crippen LogP contribution in [0.4, 0.5) is 5.69 Å². The number of rotatable bonds is 5. The number of nitrogens with zero attached hydrogens (tertiary/aromatic N) is 3. The van der Waals surface area contributed by atoms with Crippen molar-refractivity contribution < 1.29 is 9.53 Å². The Labute approximate surface area is 133 Å². The first-order valence-corrected chi connectivity index (χ1v) is 7.28. The standard InChI is InChI=1S/C17H16N4O2/c1-2-23-15-10-8-13(9-11-15)19-17(22)16-12-18-21(20-16)14-6-4-3-5-7-14/h3-12H,2H2,1H3,(H,19,22). The van der Waals surface area contributed by atoms with E-state index in [4.69, 9.17) is 4.74 Å². The molecule has 1 amide bonds. The number of aromatic nitrogens is 3. The van der Waals surface area contributed by atoms with Gasteiger partial charge in [-0.25, -0.2) is 0 Å².